The summed E-state index contributed by atoms with van der Waals surface area (Å²) in [6, 6.07) is 25.2. The molecule has 1 aromatic heterocycles. The minimum absolute atomic E-state index is 0.0288. The minimum atomic E-state index is -4.09. The van der Waals surface area contributed by atoms with E-state index in [1.807, 2.05) is 26.8 Å². The third-order valence-electron chi connectivity index (χ3n) is 6.90. The van der Waals surface area contributed by atoms with Gasteiger partial charge in [-0.25, -0.2) is 26.8 Å². The van der Waals surface area contributed by atoms with E-state index in [0.29, 0.717) is 28.0 Å². The van der Waals surface area contributed by atoms with Crippen molar-refractivity contribution < 1.29 is 21.6 Å². The molecule has 0 atom stereocenters. The zero-order valence-electron chi connectivity index (χ0n) is 24.9. The van der Waals surface area contributed by atoms with E-state index in [0.717, 1.165) is 5.56 Å². The van der Waals surface area contributed by atoms with Gasteiger partial charge < -0.3 is 10.1 Å². The van der Waals surface area contributed by atoms with Gasteiger partial charge in [-0.05, 0) is 72.0 Å². The SMILES string of the molecule is COc1ccccc1NS(=O)(=O)c1cccc(Nc2nc3ccccc3nc2NS(=O)(=O)c2cc(C(C)(C)C)ccc2C)c1. The quantitative estimate of drug-likeness (QED) is 0.166. The maximum Gasteiger partial charge on any atom is 0.263 e. The third-order valence-corrected chi connectivity index (χ3v) is 9.75. The van der Waals surface area contributed by atoms with Crippen LogP contribution < -0.4 is 19.5 Å². The maximum atomic E-state index is 13.7. The lowest BCUT2D eigenvalue weighted by Gasteiger charge is -2.21. The molecule has 0 unspecified atom stereocenters. The predicted molar refractivity (Wildman–Crippen MR) is 174 cm³/mol. The second-order valence-corrected chi connectivity index (χ2v) is 14.5. The number of nitrogens with one attached hydrogen (secondary N) is 3. The van der Waals surface area contributed by atoms with Gasteiger partial charge in [-0.2, -0.15) is 0 Å². The monoisotopic (exact) mass is 631 g/mol. The van der Waals surface area contributed by atoms with E-state index in [4.69, 9.17) is 4.74 Å². The van der Waals surface area contributed by atoms with Gasteiger partial charge in [-0.15, -0.1) is 0 Å². The molecule has 1 heterocycles. The fourth-order valence-electron chi connectivity index (χ4n) is 4.51. The molecule has 0 saturated heterocycles. The second-order valence-electron chi connectivity index (χ2n) is 11.2. The zero-order valence-corrected chi connectivity index (χ0v) is 26.5. The fourth-order valence-corrected chi connectivity index (χ4v) is 6.90. The molecule has 228 valence electrons. The molecule has 44 heavy (non-hydrogen) atoms. The highest BCUT2D eigenvalue weighted by Crippen LogP contribution is 2.32. The normalized spacial score (nSPS) is 12.1. The highest BCUT2D eigenvalue weighted by molar-refractivity contribution is 7.93. The van der Waals surface area contributed by atoms with Gasteiger partial charge in [-0.3, -0.25) is 9.44 Å². The fraction of sp³-hybridized carbons (Fsp3) is 0.188. The molecule has 0 spiro atoms. The van der Waals surface area contributed by atoms with Crippen molar-refractivity contribution >= 4 is 54.1 Å². The van der Waals surface area contributed by atoms with E-state index in [2.05, 4.69) is 24.7 Å². The number of anilines is 4. The Kier molecular flexibility index (Phi) is 8.23. The van der Waals surface area contributed by atoms with Crippen LogP contribution in [0.1, 0.15) is 31.9 Å². The average Bonchev–Trinajstić information content (AvgIpc) is 2.97. The number of ether oxygens (including phenoxy) is 1. The maximum absolute atomic E-state index is 13.7. The van der Waals surface area contributed by atoms with Crippen LogP contribution in [0.3, 0.4) is 0 Å². The van der Waals surface area contributed by atoms with Crippen LogP contribution in [0.25, 0.3) is 11.0 Å². The summed E-state index contributed by atoms with van der Waals surface area (Å²) >= 11 is 0. The number of sulfonamides is 2. The summed E-state index contributed by atoms with van der Waals surface area (Å²) in [7, 11) is -6.65. The van der Waals surface area contributed by atoms with E-state index >= 15 is 0 Å². The largest absolute Gasteiger partial charge is 0.495 e. The smallest absolute Gasteiger partial charge is 0.263 e. The van der Waals surface area contributed by atoms with Crippen LogP contribution >= 0.6 is 0 Å². The Balaban J connectivity index is 1.52. The van der Waals surface area contributed by atoms with Crippen molar-refractivity contribution in [3.63, 3.8) is 0 Å². The molecule has 4 aromatic carbocycles. The van der Waals surface area contributed by atoms with Gasteiger partial charge in [0.25, 0.3) is 20.0 Å². The molecule has 0 saturated carbocycles. The number of rotatable bonds is 9. The Morgan fingerprint density at radius 1 is 0.705 bits per heavy atom. The number of hydrogen-bond acceptors (Lipinski definition) is 8. The summed E-state index contributed by atoms with van der Waals surface area (Å²) < 4.78 is 64.5. The van der Waals surface area contributed by atoms with E-state index in [9.17, 15) is 16.8 Å². The van der Waals surface area contributed by atoms with E-state index in [-0.39, 0.29) is 32.5 Å². The molecule has 10 nitrogen and oxygen atoms in total. The van der Waals surface area contributed by atoms with Crippen LogP contribution in [0.15, 0.2) is 101 Å². The molecule has 0 amide bonds. The summed E-state index contributed by atoms with van der Waals surface area (Å²) in [4.78, 5) is 9.29. The van der Waals surface area contributed by atoms with Gasteiger partial charge in [0.2, 0.25) is 0 Å². The summed E-state index contributed by atoms with van der Waals surface area (Å²) in [5.41, 5.74) is 2.82. The number of fused-ring (bicyclic) bond motifs is 1. The number of methoxy groups -OCH3 is 1. The van der Waals surface area contributed by atoms with Crippen molar-refractivity contribution in [3.8, 4) is 5.75 Å². The molecule has 0 bridgehead atoms. The van der Waals surface area contributed by atoms with Gasteiger partial charge in [0.15, 0.2) is 11.6 Å². The van der Waals surface area contributed by atoms with E-state index < -0.39 is 20.0 Å². The molecule has 12 heteroatoms. The highest BCUT2D eigenvalue weighted by Gasteiger charge is 2.24. The average molecular weight is 632 g/mol. The predicted octanol–water partition coefficient (Wildman–Crippen LogP) is 6.59. The number of para-hydroxylation sites is 4. The van der Waals surface area contributed by atoms with Crippen LogP contribution in [0.4, 0.5) is 23.0 Å². The summed E-state index contributed by atoms with van der Waals surface area (Å²) in [5, 5.41) is 3.07. The Labute approximate surface area is 257 Å². The molecule has 0 aliphatic heterocycles. The lowest BCUT2D eigenvalue weighted by Crippen LogP contribution is -2.19. The van der Waals surface area contributed by atoms with Crippen molar-refractivity contribution in [1.82, 2.24) is 9.97 Å². The standard InChI is InChI=1S/C32H33N5O5S2/c1-21-17-18-22(32(2,3)4)19-29(21)44(40,41)37-31-30(34-25-13-6-7-14-26(25)35-31)33-23-11-10-12-24(20-23)43(38,39)36-27-15-8-9-16-28(27)42-5/h6-20,36H,1-5H3,(H,33,34)(H,35,37). The van der Waals surface area contributed by atoms with Crippen molar-refractivity contribution in [3.05, 3.63) is 102 Å². The summed E-state index contributed by atoms with van der Waals surface area (Å²) in [5.74, 6) is 0.436. The molecule has 5 aromatic rings. The zero-order chi connectivity index (χ0) is 31.7. The topological polar surface area (TPSA) is 139 Å². The first kappa shape index (κ1) is 30.8. The molecule has 3 N–H and O–H groups in total. The van der Waals surface area contributed by atoms with Crippen LogP contribution in [-0.2, 0) is 25.5 Å². The lowest BCUT2D eigenvalue weighted by molar-refractivity contribution is 0.417. The number of benzene rings is 4. The molecule has 0 fully saturated rings. The molecule has 0 aliphatic carbocycles. The first-order chi connectivity index (χ1) is 20.8. The Morgan fingerprint density at radius 3 is 2.05 bits per heavy atom. The Morgan fingerprint density at radius 2 is 1.36 bits per heavy atom. The molecule has 0 aliphatic rings. The van der Waals surface area contributed by atoms with Crippen molar-refractivity contribution in [2.75, 3.05) is 21.9 Å². The van der Waals surface area contributed by atoms with Crippen LogP contribution in [0, 0.1) is 6.92 Å². The summed E-state index contributed by atoms with van der Waals surface area (Å²) in [6.45, 7) is 7.77. The molecule has 0 radical (unpaired) electrons. The molecular formula is C32H33N5O5S2. The van der Waals surface area contributed by atoms with Gasteiger partial charge in [0.05, 0.1) is 33.6 Å². The van der Waals surface area contributed by atoms with Crippen LogP contribution in [-0.4, -0.2) is 33.9 Å². The Hall–Kier alpha value is -4.68. The second kappa shape index (κ2) is 11.8. The van der Waals surface area contributed by atoms with E-state index in [1.54, 1.807) is 79.7 Å². The van der Waals surface area contributed by atoms with Gasteiger partial charge >= 0.3 is 0 Å². The van der Waals surface area contributed by atoms with Gasteiger partial charge in [-0.1, -0.05) is 63.2 Å². The van der Waals surface area contributed by atoms with E-state index in [1.165, 1.54) is 19.2 Å². The van der Waals surface area contributed by atoms with Gasteiger partial charge in [0, 0.05) is 5.69 Å². The molecule has 5 rings (SSSR count). The number of aromatic nitrogens is 2. The third kappa shape index (κ3) is 6.61. The number of hydrogen-bond donors (Lipinski definition) is 3. The van der Waals surface area contributed by atoms with Crippen LogP contribution in [0.2, 0.25) is 0 Å². The Bertz CT molecular complexity index is 2080. The first-order valence-electron chi connectivity index (χ1n) is 13.7. The van der Waals surface area contributed by atoms with Gasteiger partial charge in [0.1, 0.15) is 5.75 Å². The van der Waals surface area contributed by atoms with Crippen molar-refractivity contribution in [2.24, 2.45) is 0 Å². The number of nitrogens with zero attached hydrogens (tertiary/aromatic N) is 2. The first-order valence-corrected chi connectivity index (χ1v) is 16.7. The number of aryl methyl sites for hydroxylation is 1. The lowest BCUT2D eigenvalue weighted by atomic mass is 9.87. The molecular weight excluding hydrogens is 599 g/mol. The minimum Gasteiger partial charge on any atom is -0.495 e. The van der Waals surface area contributed by atoms with Crippen molar-refractivity contribution in [1.29, 1.82) is 0 Å². The highest BCUT2D eigenvalue weighted by atomic mass is 32.2. The summed E-state index contributed by atoms with van der Waals surface area (Å²) in [6.07, 6.45) is 0. The van der Waals surface area contributed by atoms with Crippen LogP contribution in [0.5, 0.6) is 5.75 Å². The van der Waals surface area contributed by atoms with Crippen molar-refractivity contribution in [2.45, 2.75) is 42.9 Å².